The number of carboxylic acid groups (broad SMARTS) is 1. The standard InChI is InChI=1S/C16H20F2N2O4/c1-3-13(11-5-4-9(17)6-12(11)18)19-16(23)20-8-10(24-2)7-14(20)15(21)22/h4-6,10,13-14H,3,7-8H2,1-2H3,(H,19,23)(H,21,22)/t10-,13?,14+/m1/s1. The van der Waals surface area contributed by atoms with Crippen molar-refractivity contribution in [3.63, 3.8) is 0 Å². The van der Waals surface area contributed by atoms with Crippen molar-refractivity contribution in [2.24, 2.45) is 0 Å². The van der Waals surface area contributed by atoms with Gasteiger partial charge in [-0.2, -0.15) is 0 Å². The van der Waals surface area contributed by atoms with Gasteiger partial charge in [0.05, 0.1) is 12.1 Å². The summed E-state index contributed by atoms with van der Waals surface area (Å²) >= 11 is 0. The van der Waals surface area contributed by atoms with Crippen LogP contribution in [0.4, 0.5) is 13.6 Å². The van der Waals surface area contributed by atoms with Crippen LogP contribution in [0.5, 0.6) is 0 Å². The molecule has 1 unspecified atom stereocenters. The maximum atomic E-state index is 13.9. The summed E-state index contributed by atoms with van der Waals surface area (Å²) in [6, 6.07) is 0.845. The fourth-order valence-corrected chi connectivity index (χ4v) is 2.84. The summed E-state index contributed by atoms with van der Waals surface area (Å²) < 4.78 is 32.1. The van der Waals surface area contributed by atoms with E-state index in [1.165, 1.54) is 18.1 Å². The van der Waals surface area contributed by atoms with Gasteiger partial charge in [-0.25, -0.2) is 18.4 Å². The topological polar surface area (TPSA) is 78.9 Å². The Bertz CT molecular complexity index is 626. The highest BCUT2D eigenvalue weighted by atomic mass is 19.1. The first kappa shape index (κ1) is 18.1. The van der Waals surface area contributed by atoms with Gasteiger partial charge in [-0.3, -0.25) is 0 Å². The predicted octanol–water partition coefficient (Wildman–Crippen LogP) is 2.30. The molecule has 1 saturated heterocycles. The summed E-state index contributed by atoms with van der Waals surface area (Å²) in [7, 11) is 1.45. The lowest BCUT2D eigenvalue weighted by molar-refractivity contribution is -0.141. The van der Waals surface area contributed by atoms with Gasteiger partial charge in [-0.15, -0.1) is 0 Å². The minimum absolute atomic E-state index is 0.141. The van der Waals surface area contributed by atoms with Crippen LogP contribution in [0, 0.1) is 11.6 Å². The third-order valence-electron chi connectivity index (χ3n) is 4.19. The minimum atomic E-state index is -1.12. The van der Waals surface area contributed by atoms with Gasteiger partial charge in [0.1, 0.15) is 17.7 Å². The molecule has 2 N–H and O–H groups in total. The van der Waals surface area contributed by atoms with Crippen molar-refractivity contribution in [3.05, 3.63) is 35.4 Å². The number of nitrogens with one attached hydrogen (secondary N) is 1. The van der Waals surface area contributed by atoms with E-state index in [0.717, 1.165) is 12.1 Å². The SMILES string of the molecule is CCC(NC(=O)N1C[C@H](OC)C[C@H]1C(=O)O)c1ccc(F)cc1F. The van der Waals surface area contributed by atoms with Crippen molar-refractivity contribution < 1.29 is 28.2 Å². The number of benzene rings is 1. The Balaban J connectivity index is 2.15. The number of hydrogen-bond donors (Lipinski definition) is 2. The molecular formula is C16H20F2N2O4. The largest absolute Gasteiger partial charge is 0.480 e. The zero-order chi connectivity index (χ0) is 17.9. The molecule has 1 aliphatic heterocycles. The molecule has 0 spiro atoms. The van der Waals surface area contributed by atoms with Crippen molar-refractivity contribution in [2.75, 3.05) is 13.7 Å². The normalized spacial score (nSPS) is 21.6. The van der Waals surface area contributed by atoms with Crippen LogP contribution in [0.3, 0.4) is 0 Å². The quantitative estimate of drug-likeness (QED) is 0.861. The van der Waals surface area contributed by atoms with Crippen molar-refractivity contribution >= 4 is 12.0 Å². The number of carbonyl (C=O) groups excluding carboxylic acids is 1. The number of amides is 2. The molecule has 1 aromatic rings. The number of carboxylic acids is 1. The predicted molar refractivity (Wildman–Crippen MR) is 81.5 cm³/mol. The van der Waals surface area contributed by atoms with E-state index in [1.807, 2.05) is 0 Å². The van der Waals surface area contributed by atoms with Crippen molar-refractivity contribution in [1.29, 1.82) is 0 Å². The second-order valence-corrected chi connectivity index (χ2v) is 5.68. The van der Waals surface area contributed by atoms with Crippen LogP contribution in [0.1, 0.15) is 31.4 Å². The summed E-state index contributed by atoms with van der Waals surface area (Å²) in [5.74, 6) is -2.58. The molecule has 0 aliphatic carbocycles. The number of hydrogen-bond acceptors (Lipinski definition) is 3. The van der Waals surface area contributed by atoms with Crippen molar-refractivity contribution in [3.8, 4) is 0 Å². The summed E-state index contributed by atoms with van der Waals surface area (Å²) in [5, 5.41) is 11.9. The number of rotatable bonds is 5. The summed E-state index contributed by atoms with van der Waals surface area (Å²) in [6.45, 7) is 1.88. The molecule has 6 nitrogen and oxygen atoms in total. The lowest BCUT2D eigenvalue weighted by Gasteiger charge is -2.25. The lowest BCUT2D eigenvalue weighted by atomic mass is 10.0. The minimum Gasteiger partial charge on any atom is -0.480 e. The second-order valence-electron chi connectivity index (χ2n) is 5.68. The molecule has 3 atom stereocenters. The molecule has 1 aromatic carbocycles. The fourth-order valence-electron chi connectivity index (χ4n) is 2.84. The number of aliphatic carboxylic acids is 1. The maximum Gasteiger partial charge on any atom is 0.326 e. The number of nitrogens with zero attached hydrogens (tertiary/aromatic N) is 1. The Kier molecular flexibility index (Phi) is 5.71. The first-order valence-corrected chi connectivity index (χ1v) is 7.65. The van der Waals surface area contributed by atoms with Crippen LogP contribution in [0.2, 0.25) is 0 Å². The Morgan fingerprint density at radius 2 is 2.17 bits per heavy atom. The average molecular weight is 342 g/mol. The molecule has 0 bridgehead atoms. The van der Waals surface area contributed by atoms with Gasteiger partial charge in [0, 0.05) is 31.7 Å². The van der Waals surface area contributed by atoms with Gasteiger partial charge in [0.2, 0.25) is 0 Å². The summed E-state index contributed by atoms with van der Waals surface area (Å²) in [5.41, 5.74) is 0.154. The molecule has 1 fully saturated rings. The average Bonchev–Trinajstić information content (AvgIpc) is 2.98. The van der Waals surface area contributed by atoms with E-state index in [1.54, 1.807) is 6.92 Å². The van der Waals surface area contributed by atoms with E-state index in [9.17, 15) is 23.5 Å². The van der Waals surface area contributed by atoms with E-state index in [-0.39, 0.29) is 24.6 Å². The fraction of sp³-hybridized carbons (Fsp3) is 0.500. The number of ether oxygens (including phenoxy) is 1. The van der Waals surface area contributed by atoms with Gasteiger partial charge in [-0.05, 0) is 12.5 Å². The number of urea groups is 1. The van der Waals surface area contributed by atoms with Crippen molar-refractivity contribution in [2.45, 2.75) is 38.0 Å². The molecule has 24 heavy (non-hydrogen) atoms. The summed E-state index contributed by atoms with van der Waals surface area (Å²) in [4.78, 5) is 24.9. The molecule has 132 valence electrons. The Hall–Kier alpha value is -2.22. The third kappa shape index (κ3) is 3.81. The number of halogens is 2. The van der Waals surface area contributed by atoms with Crippen LogP contribution >= 0.6 is 0 Å². The van der Waals surface area contributed by atoms with E-state index in [2.05, 4.69) is 5.32 Å². The second kappa shape index (κ2) is 7.57. The van der Waals surface area contributed by atoms with Gasteiger partial charge < -0.3 is 20.1 Å². The maximum absolute atomic E-state index is 13.9. The molecular weight excluding hydrogens is 322 g/mol. The molecule has 2 amide bonds. The lowest BCUT2D eigenvalue weighted by Crippen LogP contribution is -2.47. The van der Waals surface area contributed by atoms with Crippen LogP contribution in [0.15, 0.2) is 18.2 Å². The smallest absolute Gasteiger partial charge is 0.326 e. The van der Waals surface area contributed by atoms with Crippen molar-refractivity contribution in [1.82, 2.24) is 10.2 Å². The molecule has 1 aliphatic rings. The zero-order valence-corrected chi connectivity index (χ0v) is 13.5. The molecule has 1 heterocycles. The number of likely N-dealkylation sites (tertiary alicyclic amines) is 1. The monoisotopic (exact) mass is 342 g/mol. The first-order valence-electron chi connectivity index (χ1n) is 7.65. The van der Waals surface area contributed by atoms with Gasteiger partial charge in [0.25, 0.3) is 0 Å². The summed E-state index contributed by atoms with van der Waals surface area (Å²) in [6.07, 6.45) is 0.202. The van der Waals surface area contributed by atoms with Crippen LogP contribution in [-0.2, 0) is 9.53 Å². The van der Waals surface area contributed by atoms with Crippen LogP contribution < -0.4 is 5.32 Å². The Morgan fingerprint density at radius 1 is 1.46 bits per heavy atom. The van der Waals surface area contributed by atoms with Gasteiger partial charge in [0.15, 0.2) is 0 Å². The number of methoxy groups -OCH3 is 1. The third-order valence-corrected chi connectivity index (χ3v) is 4.19. The highest BCUT2D eigenvalue weighted by Crippen LogP contribution is 2.24. The van der Waals surface area contributed by atoms with E-state index < -0.39 is 35.7 Å². The van der Waals surface area contributed by atoms with E-state index >= 15 is 0 Å². The van der Waals surface area contributed by atoms with E-state index in [0.29, 0.717) is 6.42 Å². The van der Waals surface area contributed by atoms with Crippen LogP contribution in [-0.4, -0.2) is 47.8 Å². The molecule has 8 heteroatoms. The van der Waals surface area contributed by atoms with Gasteiger partial charge >= 0.3 is 12.0 Å². The van der Waals surface area contributed by atoms with Crippen LogP contribution in [0.25, 0.3) is 0 Å². The number of carbonyl (C=O) groups is 2. The highest BCUT2D eigenvalue weighted by Gasteiger charge is 2.40. The first-order chi connectivity index (χ1) is 11.4. The molecule has 2 rings (SSSR count). The molecule has 0 aromatic heterocycles. The Labute approximate surface area is 138 Å². The highest BCUT2D eigenvalue weighted by molar-refractivity contribution is 5.83. The zero-order valence-electron chi connectivity index (χ0n) is 13.5. The molecule has 0 radical (unpaired) electrons. The van der Waals surface area contributed by atoms with Gasteiger partial charge in [-0.1, -0.05) is 13.0 Å². The van der Waals surface area contributed by atoms with E-state index in [4.69, 9.17) is 4.74 Å². The Morgan fingerprint density at radius 3 is 2.71 bits per heavy atom. The molecule has 0 saturated carbocycles.